The van der Waals surface area contributed by atoms with Crippen LogP contribution in [0, 0.1) is 6.42 Å². The van der Waals surface area contributed by atoms with Crippen molar-refractivity contribution in [1.82, 2.24) is 10.2 Å². The Labute approximate surface area is 199 Å². The number of nitrogens with zero attached hydrogens (tertiary/aromatic N) is 2. The first kappa shape index (κ1) is 25.0. The van der Waals surface area contributed by atoms with Crippen LogP contribution in [0.4, 0.5) is 5.69 Å². The molecule has 1 unspecified atom stereocenters. The summed E-state index contributed by atoms with van der Waals surface area (Å²) in [6.07, 6.45) is 3.29. The third-order valence-electron chi connectivity index (χ3n) is 5.44. The van der Waals surface area contributed by atoms with Crippen LogP contribution in [0.25, 0.3) is 0 Å². The molecule has 0 saturated carbocycles. The highest BCUT2D eigenvalue weighted by molar-refractivity contribution is 7.90. The van der Waals surface area contributed by atoms with Gasteiger partial charge in [0.25, 0.3) is 0 Å². The van der Waals surface area contributed by atoms with Crippen LogP contribution in [0.2, 0.25) is 5.02 Å². The van der Waals surface area contributed by atoms with Crippen molar-refractivity contribution in [3.05, 3.63) is 71.1 Å². The summed E-state index contributed by atoms with van der Waals surface area (Å²) in [6.45, 7) is 2.22. The Morgan fingerprint density at radius 1 is 1.09 bits per heavy atom. The number of amides is 2. The van der Waals surface area contributed by atoms with Gasteiger partial charge in [-0.3, -0.25) is 14.9 Å². The van der Waals surface area contributed by atoms with Crippen LogP contribution in [0.15, 0.2) is 48.5 Å². The highest BCUT2D eigenvalue weighted by Gasteiger charge is 2.27. The summed E-state index contributed by atoms with van der Waals surface area (Å²) >= 11 is 5.90. The molecular formula is C23H28ClN4O4S. The SMILES string of the molecule is CS(=O)(=O)CNC(C(N)=O)c1ccccc1N1CCN(C(=O)[CH]Cc2ccc(Cl)cc2)CC1. The lowest BCUT2D eigenvalue weighted by Gasteiger charge is -2.37. The Balaban J connectivity index is 1.62. The predicted molar refractivity (Wildman–Crippen MR) is 129 cm³/mol. The van der Waals surface area contributed by atoms with Crippen LogP contribution in [-0.4, -0.2) is 63.4 Å². The summed E-state index contributed by atoms with van der Waals surface area (Å²) < 4.78 is 23.1. The van der Waals surface area contributed by atoms with E-state index in [1.54, 1.807) is 35.6 Å². The molecule has 1 atom stereocenters. The summed E-state index contributed by atoms with van der Waals surface area (Å²) in [6, 6.07) is 13.7. The van der Waals surface area contributed by atoms with Crippen molar-refractivity contribution in [2.45, 2.75) is 12.5 Å². The van der Waals surface area contributed by atoms with Gasteiger partial charge in [0.05, 0.1) is 12.3 Å². The normalized spacial score (nSPS) is 15.3. The van der Waals surface area contributed by atoms with E-state index in [0.29, 0.717) is 43.2 Å². The average molecular weight is 492 g/mol. The molecule has 1 aliphatic rings. The molecule has 1 heterocycles. The second-order valence-corrected chi connectivity index (χ2v) is 10.6. The first-order chi connectivity index (χ1) is 15.6. The zero-order valence-electron chi connectivity index (χ0n) is 18.4. The molecule has 0 spiro atoms. The highest BCUT2D eigenvalue weighted by atomic mass is 35.5. The van der Waals surface area contributed by atoms with Crippen LogP contribution in [0.3, 0.4) is 0 Å². The summed E-state index contributed by atoms with van der Waals surface area (Å²) in [5.74, 6) is -1.04. The van der Waals surface area contributed by atoms with Gasteiger partial charge < -0.3 is 15.5 Å². The molecule has 2 aromatic rings. The lowest BCUT2D eigenvalue weighted by atomic mass is 10.0. The van der Waals surface area contributed by atoms with Crippen molar-refractivity contribution in [3.63, 3.8) is 0 Å². The molecule has 2 amide bonds. The molecule has 3 N–H and O–H groups in total. The second-order valence-electron chi connectivity index (χ2n) is 8.02. The van der Waals surface area contributed by atoms with Crippen molar-refractivity contribution >= 4 is 38.9 Å². The number of sulfone groups is 1. The second kappa shape index (κ2) is 11.0. The molecule has 2 aromatic carbocycles. The van der Waals surface area contributed by atoms with Crippen LogP contribution in [0.5, 0.6) is 0 Å². The molecule has 177 valence electrons. The molecule has 1 fully saturated rings. The molecule has 0 aliphatic carbocycles. The molecule has 1 aliphatic heterocycles. The smallest absolute Gasteiger partial charge is 0.239 e. The molecule has 0 bridgehead atoms. The highest BCUT2D eigenvalue weighted by Crippen LogP contribution is 2.27. The fourth-order valence-electron chi connectivity index (χ4n) is 3.74. The first-order valence-corrected chi connectivity index (χ1v) is 13.0. The third kappa shape index (κ3) is 7.18. The summed E-state index contributed by atoms with van der Waals surface area (Å²) in [5.41, 5.74) is 7.99. The lowest BCUT2D eigenvalue weighted by molar-refractivity contribution is -0.128. The minimum absolute atomic E-state index is 0.0253. The standard InChI is InChI=1S/C23H28ClN4O4S/c1-33(31,32)16-26-22(23(25)30)19-4-2-3-5-20(19)27-12-14-28(15-13-27)21(29)11-8-17-6-9-18(24)10-7-17/h2-7,9-11,22,26H,8,12-16H2,1H3,(H2,25,30). The van der Waals surface area contributed by atoms with E-state index in [-0.39, 0.29) is 11.8 Å². The number of carbonyl (C=O) groups is 2. The molecule has 10 heteroatoms. The minimum Gasteiger partial charge on any atom is -0.368 e. The number of hydrogen-bond donors (Lipinski definition) is 2. The number of para-hydroxylation sites is 1. The molecular weight excluding hydrogens is 464 g/mol. The van der Waals surface area contributed by atoms with E-state index in [1.807, 2.05) is 24.3 Å². The molecule has 8 nitrogen and oxygen atoms in total. The van der Waals surface area contributed by atoms with E-state index in [9.17, 15) is 18.0 Å². The van der Waals surface area contributed by atoms with Gasteiger partial charge in [-0.25, -0.2) is 8.42 Å². The minimum atomic E-state index is -3.33. The van der Waals surface area contributed by atoms with Gasteiger partial charge in [0.15, 0.2) is 9.84 Å². The number of rotatable bonds is 9. The Kier molecular flexibility index (Phi) is 8.34. The van der Waals surface area contributed by atoms with Crippen molar-refractivity contribution in [3.8, 4) is 0 Å². The monoisotopic (exact) mass is 491 g/mol. The number of primary amides is 1. The zero-order valence-corrected chi connectivity index (χ0v) is 20.0. The van der Waals surface area contributed by atoms with Crippen LogP contribution >= 0.6 is 11.6 Å². The number of piperazine rings is 1. The Morgan fingerprint density at radius 3 is 2.33 bits per heavy atom. The topological polar surface area (TPSA) is 113 Å². The van der Waals surface area contributed by atoms with Gasteiger partial charge in [-0.1, -0.05) is 41.9 Å². The maximum atomic E-state index is 12.6. The molecule has 33 heavy (non-hydrogen) atoms. The fourth-order valence-corrected chi connectivity index (χ4v) is 4.34. The largest absolute Gasteiger partial charge is 0.368 e. The maximum Gasteiger partial charge on any atom is 0.239 e. The Bertz CT molecular complexity index is 1080. The fraction of sp³-hybridized carbons (Fsp3) is 0.348. The van der Waals surface area contributed by atoms with Crippen LogP contribution in [-0.2, 0) is 25.8 Å². The van der Waals surface area contributed by atoms with Crippen LogP contribution in [0.1, 0.15) is 17.2 Å². The number of halogens is 1. The van der Waals surface area contributed by atoms with Gasteiger partial charge >= 0.3 is 0 Å². The third-order valence-corrected chi connectivity index (χ3v) is 6.38. The zero-order chi connectivity index (χ0) is 24.0. The van der Waals surface area contributed by atoms with E-state index in [2.05, 4.69) is 10.2 Å². The van der Waals surface area contributed by atoms with E-state index < -0.39 is 21.8 Å². The number of anilines is 1. The van der Waals surface area contributed by atoms with Gasteiger partial charge in [-0.05, 0) is 30.2 Å². The van der Waals surface area contributed by atoms with Crippen LogP contribution < -0.4 is 16.0 Å². The molecule has 1 radical (unpaired) electrons. The summed E-state index contributed by atoms with van der Waals surface area (Å²) in [4.78, 5) is 28.6. The Morgan fingerprint density at radius 2 is 1.73 bits per heavy atom. The first-order valence-electron chi connectivity index (χ1n) is 10.5. The lowest BCUT2D eigenvalue weighted by Crippen LogP contribution is -2.49. The van der Waals surface area contributed by atoms with E-state index in [0.717, 1.165) is 17.5 Å². The number of benzene rings is 2. The average Bonchev–Trinajstić information content (AvgIpc) is 2.78. The van der Waals surface area contributed by atoms with Gasteiger partial charge in [0.2, 0.25) is 11.8 Å². The predicted octanol–water partition coefficient (Wildman–Crippen LogP) is 1.55. The molecule has 1 saturated heterocycles. The van der Waals surface area contributed by atoms with Gasteiger partial charge in [-0.2, -0.15) is 0 Å². The number of carbonyl (C=O) groups excluding carboxylic acids is 2. The van der Waals surface area contributed by atoms with Crippen molar-refractivity contribution in [2.75, 3.05) is 43.2 Å². The quantitative estimate of drug-likeness (QED) is 0.550. The van der Waals surface area contributed by atoms with Crippen molar-refractivity contribution < 1.29 is 18.0 Å². The van der Waals surface area contributed by atoms with E-state index in [1.165, 1.54) is 0 Å². The number of nitrogens with two attached hydrogens (primary N) is 1. The number of hydrogen-bond acceptors (Lipinski definition) is 6. The van der Waals surface area contributed by atoms with Crippen molar-refractivity contribution in [2.24, 2.45) is 5.73 Å². The van der Waals surface area contributed by atoms with Gasteiger partial charge in [0, 0.05) is 48.7 Å². The van der Waals surface area contributed by atoms with E-state index in [4.69, 9.17) is 17.3 Å². The summed E-state index contributed by atoms with van der Waals surface area (Å²) in [5, 5.41) is 3.41. The maximum absolute atomic E-state index is 12.6. The molecule has 3 rings (SSSR count). The molecule has 0 aromatic heterocycles. The summed E-state index contributed by atoms with van der Waals surface area (Å²) in [7, 11) is -3.33. The van der Waals surface area contributed by atoms with Gasteiger partial charge in [-0.15, -0.1) is 0 Å². The number of nitrogens with one attached hydrogen (secondary N) is 1. The Hall–Kier alpha value is -2.62. The van der Waals surface area contributed by atoms with Crippen molar-refractivity contribution in [1.29, 1.82) is 0 Å². The van der Waals surface area contributed by atoms with E-state index >= 15 is 0 Å². The van der Waals surface area contributed by atoms with Gasteiger partial charge in [0.1, 0.15) is 6.04 Å².